The number of aromatic nitrogens is 3. The van der Waals surface area contributed by atoms with Crippen LogP contribution in [0.5, 0.6) is 0 Å². The third-order valence-electron chi connectivity index (χ3n) is 12.0. The van der Waals surface area contributed by atoms with E-state index in [1.54, 1.807) is 0 Å². The van der Waals surface area contributed by atoms with Crippen LogP contribution in [0.2, 0.25) is 0 Å². The lowest BCUT2D eigenvalue weighted by Gasteiger charge is -2.12. The van der Waals surface area contributed by atoms with Gasteiger partial charge in [-0.25, -0.2) is 9.97 Å². The maximum absolute atomic E-state index is 6.94. The highest BCUT2D eigenvalue weighted by Crippen LogP contribution is 2.42. The van der Waals surface area contributed by atoms with Crippen molar-refractivity contribution in [2.24, 2.45) is 0 Å². The molecule has 0 fully saturated rings. The molecule has 62 heavy (non-hydrogen) atoms. The van der Waals surface area contributed by atoms with E-state index < -0.39 is 0 Å². The molecule has 290 valence electrons. The Morgan fingerprint density at radius 2 is 0.887 bits per heavy atom. The molecule has 0 N–H and O–H groups in total. The molecule has 0 aliphatic rings. The van der Waals surface area contributed by atoms with Crippen molar-refractivity contribution in [3.05, 3.63) is 224 Å². The maximum atomic E-state index is 6.94. The number of hydrogen-bond donors (Lipinski definition) is 0. The van der Waals surface area contributed by atoms with Crippen LogP contribution in [-0.2, 0) is 0 Å². The summed E-state index contributed by atoms with van der Waals surface area (Å²) in [6.45, 7) is 0. The van der Waals surface area contributed by atoms with Crippen molar-refractivity contribution in [1.82, 2.24) is 14.5 Å². The summed E-state index contributed by atoms with van der Waals surface area (Å²) in [5, 5.41) is 4.41. The maximum Gasteiger partial charge on any atom is 0.161 e. The number of furan rings is 1. The average molecular weight is 792 g/mol. The van der Waals surface area contributed by atoms with Gasteiger partial charge in [-0.3, -0.25) is 0 Å². The first-order valence-corrected chi connectivity index (χ1v) is 21.0. The van der Waals surface area contributed by atoms with Crippen LogP contribution in [0.4, 0.5) is 0 Å². The van der Waals surface area contributed by atoms with Gasteiger partial charge in [-0.1, -0.05) is 164 Å². The molecule has 3 heterocycles. The molecule has 0 atom stereocenters. The summed E-state index contributed by atoms with van der Waals surface area (Å²) in [5.41, 5.74) is 16.4. The second-order valence-electron chi connectivity index (χ2n) is 15.8. The zero-order valence-corrected chi connectivity index (χ0v) is 33.6. The summed E-state index contributed by atoms with van der Waals surface area (Å²) < 4.78 is 9.29. The van der Waals surface area contributed by atoms with Crippen LogP contribution < -0.4 is 0 Å². The lowest BCUT2D eigenvalue weighted by atomic mass is 9.97. The highest BCUT2D eigenvalue weighted by atomic mass is 16.3. The van der Waals surface area contributed by atoms with Crippen molar-refractivity contribution in [1.29, 1.82) is 0 Å². The van der Waals surface area contributed by atoms with Gasteiger partial charge in [-0.15, -0.1) is 0 Å². The van der Waals surface area contributed by atoms with Gasteiger partial charge in [-0.05, 0) is 88.0 Å². The topological polar surface area (TPSA) is 43.9 Å². The molecule has 3 aromatic heterocycles. The minimum absolute atomic E-state index is 0.637. The average Bonchev–Trinajstić information content (AvgIpc) is 3.89. The van der Waals surface area contributed by atoms with Gasteiger partial charge in [-0.2, -0.15) is 0 Å². The summed E-state index contributed by atoms with van der Waals surface area (Å²) in [7, 11) is 0. The van der Waals surface area contributed by atoms with Gasteiger partial charge in [0.15, 0.2) is 5.82 Å². The number of nitrogens with zero attached hydrogens (tertiary/aromatic N) is 3. The molecule has 0 saturated carbocycles. The van der Waals surface area contributed by atoms with Crippen LogP contribution in [0.3, 0.4) is 0 Å². The standard InChI is InChI=1S/C58H37N3O/c1-5-16-38(17-6-1)42-24-15-25-44(32-42)52-37-51(41-22-11-4-12-23-41)59-58(60-52)50-34-45(40-20-9-3-10-21-40)35-56-57(50)48-30-29-46(36-55(48)62-56)61-53-27-14-13-26-47(53)49-33-43(28-31-54(49)61)39-18-7-2-8-19-39/h1-37H. The van der Waals surface area contributed by atoms with E-state index in [1.807, 2.05) is 18.2 Å². The van der Waals surface area contributed by atoms with Gasteiger partial charge in [0.25, 0.3) is 0 Å². The first-order chi connectivity index (χ1) is 30.7. The number of benzene rings is 9. The molecular weight excluding hydrogens is 755 g/mol. The minimum Gasteiger partial charge on any atom is -0.456 e. The first kappa shape index (κ1) is 35.6. The molecule has 0 bridgehead atoms. The molecule has 0 aliphatic carbocycles. The van der Waals surface area contributed by atoms with E-state index in [2.05, 4.69) is 211 Å². The highest BCUT2D eigenvalue weighted by molar-refractivity contribution is 6.14. The first-order valence-electron chi connectivity index (χ1n) is 21.0. The van der Waals surface area contributed by atoms with Gasteiger partial charge in [0.1, 0.15) is 11.2 Å². The van der Waals surface area contributed by atoms with Gasteiger partial charge in [0, 0.05) is 50.0 Å². The van der Waals surface area contributed by atoms with E-state index in [4.69, 9.17) is 14.4 Å². The fraction of sp³-hybridized carbons (Fsp3) is 0. The minimum atomic E-state index is 0.637. The molecule has 9 aromatic carbocycles. The van der Waals surface area contributed by atoms with Crippen LogP contribution >= 0.6 is 0 Å². The lowest BCUT2D eigenvalue weighted by molar-refractivity contribution is 0.669. The molecular formula is C58H37N3O. The number of rotatable bonds is 7. The van der Waals surface area contributed by atoms with Crippen LogP contribution in [0, 0.1) is 0 Å². The molecule has 0 saturated heterocycles. The summed E-state index contributed by atoms with van der Waals surface area (Å²) in [4.78, 5) is 10.8. The molecule has 0 unspecified atom stereocenters. The van der Waals surface area contributed by atoms with Gasteiger partial charge >= 0.3 is 0 Å². The van der Waals surface area contributed by atoms with Crippen molar-refractivity contribution in [2.45, 2.75) is 0 Å². The van der Waals surface area contributed by atoms with E-state index in [0.717, 1.165) is 89.0 Å². The molecule has 4 nitrogen and oxygen atoms in total. The third-order valence-corrected chi connectivity index (χ3v) is 12.0. The summed E-state index contributed by atoms with van der Waals surface area (Å²) in [6, 6.07) is 79.0. The zero-order valence-electron chi connectivity index (χ0n) is 33.6. The van der Waals surface area contributed by atoms with Gasteiger partial charge in [0.05, 0.1) is 22.4 Å². The predicted molar refractivity (Wildman–Crippen MR) is 256 cm³/mol. The summed E-state index contributed by atoms with van der Waals surface area (Å²) in [6.07, 6.45) is 0. The van der Waals surface area contributed by atoms with Crippen molar-refractivity contribution in [3.63, 3.8) is 0 Å². The largest absolute Gasteiger partial charge is 0.456 e. The van der Waals surface area contributed by atoms with Crippen LogP contribution in [0.15, 0.2) is 229 Å². The number of hydrogen-bond acceptors (Lipinski definition) is 3. The SMILES string of the molecule is c1ccc(-c2cccc(-c3cc(-c4ccccc4)nc(-c4cc(-c5ccccc5)cc5oc6cc(-n7c8ccccc8c8cc(-c9ccccc9)ccc87)ccc6c45)n3)c2)cc1. The smallest absolute Gasteiger partial charge is 0.161 e. The molecule has 12 rings (SSSR count). The molecule has 4 heteroatoms. The van der Waals surface area contributed by atoms with Crippen LogP contribution in [-0.4, -0.2) is 14.5 Å². The normalized spacial score (nSPS) is 11.5. The van der Waals surface area contributed by atoms with Gasteiger partial charge in [0.2, 0.25) is 0 Å². The molecule has 0 aliphatic heterocycles. The van der Waals surface area contributed by atoms with E-state index in [0.29, 0.717) is 5.82 Å². The Kier molecular flexibility index (Phi) is 8.46. The molecule has 12 aromatic rings. The Morgan fingerprint density at radius 3 is 1.60 bits per heavy atom. The fourth-order valence-corrected chi connectivity index (χ4v) is 9.03. The molecule has 0 radical (unpaired) electrons. The Labute approximate surface area is 358 Å². The van der Waals surface area contributed by atoms with Crippen molar-refractivity contribution in [3.8, 4) is 73.0 Å². The van der Waals surface area contributed by atoms with E-state index in [-0.39, 0.29) is 0 Å². The van der Waals surface area contributed by atoms with E-state index >= 15 is 0 Å². The van der Waals surface area contributed by atoms with Gasteiger partial charge < -0.3 is 8.98 Å². The number of para-hydroxylation sites is 1. The molecule has 0 amide bonds. The van der Waals surface area contributed by atoms with Crippen molar-refractivity contribution >= 4 is 43.7 Å². The zero-order chi connectivity index (χ0) is 41.0. The Bertz CT molecular complexity index is 3610. The fourth-order valence-electron chi connectivity index (χ4n) is 9.03. The Balaban J connectivity index is 1.07. The van der Waals surface area contributed by atoms with Crippen LogP contribution in [0.1, 0.15) is 0 Å². The monoisotopic (exact) mass is 791 g/mol. The lowest BCUT2D eigenvalue weighted by Crippen LogP contribution is -1.97. The van der Waals surface area contributed by atoms with E-state index in [1.165, 1.54) is 21.9 Å². The Morgan fingerprint density at radius 1 is 0.323 bits per heavy atom. The predicted octanol–water partition coefficient (Wildman–Crippen LogP) is 15.5. The van der Waals surface area contributed by atoms with Crippen LogP contribution in [0.25, 0.3) is 117 Å². The van der Waals surface area contributed by atoms with Crippen molar-refractivity contribution in [2.75, 3.05) is 0 Å². The second kappa shape index (κ2) is 14.7. The quantitative estimate of drug-likeness (QED) is 0.161. The number of fused-ring (bicyclic) bond motifs is 6. The third kappa shape index (κ3) is 6.16. The molecule has 0 spiro atoms. The highest BCUT2D eigenvalue weighted by Gasteiger charge is 2.21. The summed E-state index contributed by atoms with van der Waals surface area (Å²) in [5.74, 6) is 0.637. The Hall–Kier alpha value is -8.34. The summed E-state index contributed by atoms with van der Waals surface area (Å²) >= 11 is 0. The second-order valence-corrected chi connectivity index (χ2v) is 15.8. The van der Waals surface area contributed by atoms with Crippen molar-refractivity contribution < 1.29 is 4.42 Å². The van der Waals surface area contributed by atoms with E-state index in [9.17, 15) is 0 Å².